The molecule has 4 N–H and O–H groups in total. The molecule has 0 aromatic heterocycles. The summed E-state index contributed by atoms with van der Waals surface area (Å²) >= 11 is 3.36. The van der Waals surface area contributed by atoms with Gasteiger partial charge in [-0.25, -0.2) is 9.79 Å². The van der Waals surface area contributed by atoms with Gasteiger partial charge in [0.25, 0.3) is 11.9 Å². The smallest absolute Gasteiger partial charge is 0.422 e. The molecule has 2 aliphatic heterocycles. The van der Waals surface area contributed by atoms with Crippen LogP contribution in [0.15, 0.2) is 58.5 Å². The summed E-state index contributed by atoms with van der Waals surface area (Å²) in [5.74, 6) is 0.580. The van der Waals surface area contributed by atoms with E-state index >= 15 is 0 Å². The number of nitrogens with one attached hydrogen (secondary N) is 2. The molecule has 2 amide bonds. The number of aliphatic imine (C=N–C) groups is 2. The number of amides is 2. The standard InChI is InChI=1S/C35H47BrF3N7O5/c1-24(43-31(44-30(40)50-23-35(37,38)39)41-20-25-6-12-28(13-7-25)49-19-5-16-36)42-27-10-8-26(9-11-27)29(47)45-17-14-34(21-45)15-18-46(22-34)32(48)51-33(2,3)4/h6-13,24,42H,5,14-23H2,1-4H3,(H3,40,41,43,44). The quantitative estimate of drug-likeness (QED) is 0.0814. The Balaban J connectivity index is 1.34. The number of hydrogen-bond donors (Lipinski definition) is 3. The molecule has 2 fully saturated rings. The monoisotopic (exact) mass is 781 g/mol. The molecule has 0 saturated carbocycles. The molecule has 4 rings (SSSR count). The number of nitrogens with two attached hydrogens (primary N) is 1. The maximum Gasteiger partial charge on any atom is 0.422 e. The van der Waals surface area contributed by atoms with E-state index in [2.05, 4.69) is 41.3 Å². The van der Waals surface area contributed by atoms with Crippen LogP contribution in [0.3, 0.4) is 0 Å². The highest BCUT2D eigenvalue weighted by molar-refractivity contribution is 9.09. The van der Waals surface area contributed by atoms with Gasteiger partial charge in [-0.3, -0.25) is 4.79 Å². The van der Waals surface area contributed by atoms with Gasteiger partial charge in [-0.1, -0.05) is 28.1 Å². The van der Waals surface area contributed by atoms with Gasteiger partial charge in [0, 0.05) is 48.2 Å². The number of nitrogens with zero attached hydrogens (tertiary/aromatic N) is 4. The highest BCUT2D eigenvalue weighted by Gasteiger charge is 2.46. The number of ether oxygens (including phenoxy) is 3. The van der Waals surface area contributed by atoms with Gasteiger partial charge >= 0.3 is 12.3 Å². The van der Waals surface area contributed by atoms with Crippen LogP contribution in [0.25, 0.3) is 0 Å². The van der Waals surface area contributed by atoms with Crippen molar-refractivity contribution in [3.63, 3.8) is 0 Å². The van der Waals surface area contributed by atoms with Crippen molar-refractivity contribution >= 4 is 45.6 Å². The Morgan fingerprint density at radius 2 is 1.67 bits per heavy atom. The summed E-state index contributed by atoms with van der Waals surface area (Å²) in [4.78, 5) is 37.9. The summed E-state index contributed by atoms with van der Waals surface area (Å²) < 4.78 is 53.8. The zero-order valence-corrected chi connectivity index (χ0v) is 31.0. The third-order valence-corrected chi connectivity index (χ3v) is 8.72. The number of halogens is 4. The molecule has 2 atom stereocenters. The van der Waals surface area contributed by atoms with Crippen molar-refractivity contribution in [2.24, 2.45) is 21.1 Å². The molecule has 0 bridgehead atoms. The number of guanidine groups is 1. The highest BCUT2D eigenvalue weighted by atomic mass is 79.9. The highest BCUT2D eigenvalue weighted by Crippen LogP contribution is 2.40. The van der Waals surface area contributed by atoms with Crippen LogP contribution in [-0.4, -0.2) is 96.4 Å². The summed E-state index contributed by atoms with van der Waals surface area (Å²) in [6.07, 6.45) is -2.92. The van der Waals surface area contributed by atoms with Crippen molar-refractivity contribution in [1.29, 1.82) is 0 Å². The van der Waals surface area contributed by atoms with Crippen molar-refractivity contribution in [2.45, 2.75) is 71.4 Å². The van der Waals surface area contributed by atoms with Crippen LogP contribution in [0.4, 0.5) is 23.7 Å². The first-order valence-electron chi connectivity index (χ1n) is 16.8. The minimum Gasteiger partial charge on any atom is -0.494 e. The van der Waals surface area contributed by atoms with Crippen LogP contribution in [0, 0.1) is 5.41 Å². The number of likely N-dealkylation sites (tertiary alicyclic amines) is 2. The molecule has 280 valence electrons. The van der Waals surface area contributed by atoms with Gasteiger partial charge < -0.3 is 40.4 Å². The van der Waals surface area contributed by atoms with Crippen LogP contribution in [0.1, 0.15) is 62.9 Å². The number of carbonyl (C=O) groups is 2. The molecule has 2 aromatic rings. The van der Waals surface area contributed by atoms with Crippen LogP contribution < -0.4 is 21.1 Å². The van der Waals surface area contributed by atoms with Gasteiger partial charge in [-0.2, -0.15) is 18.2 Å². The second-order valence-electron chi connectivity index (χ2n) is 13.7. The number of anilines is 1. The van der Waals surface area contributed by atoms with Crippen LogP contribution in [0.2, 0.25) is 0 Å². The molecule has 0 aliphatic carbocycles. The zero-order chi connectivity index (χ0) is 37.2. The van der Waals surface area contributed by atoms with Crippen molar-refractivity contribution in [3.8, 4) is 5.75 Å². The second kappa shape index (κ2) is 17.3. The number of hydrogen-bond acceptors (Lipinski definition) is 7. The van der Waals surface area contributed by atoms with Crippen molar-refractivity contribution in [2.75, 3.05) is 50.0 Å². The van der Waals surface area contributed by atoms with Crippen molar-refractivity contribution in [1.82, 2.24) is 15.1 Å². The summed E-state index contributed by atoms with van der Waals surface area (Å²) in [7, 11) is 0. The molecular weight excluding hydrogens is 735 g/mol. The Kier molecular flexibility index (Phi) is 13.5. The van der Waals surface area contributed by atoms with E-state index in [1.165, 1.54) is 0 Å². The first-order chi connectivity index (χ1) is 24.0. The van der Waals surface area contributed by atoms with Crippen LogP contribution in [0.5, 0.6) is 5.75 Å². The molecule has 0 radical (unpaired) electrons. The first-order valence-corrected chi connectivity index (χ1v) is 17.9. The van der Waals surface area contributed by atoms with Crippen LogP contribution in [-0.2, 0) is 16.0 Å². The number of rotatable bonds is 11. The molecule has 2 saturated heterocycles. The first kappa shape index (κ1) is 39.6. The Hall–Kier alpha value is -4.21. The van der Waals surface area contributed by atoms with Crippen molar-refractivity contribution < 1.29 is 37.0 Å². The van der Waals surface area contributed by atoms with Crippen LogP contribution >= 0.6 is 15.9 Å². The third-order valence-electron chi connectivity index (χ3n) is 8.16. The summed E-state index contributed by atoms with van der Waals surface area (Å²) in [6, 6.07) is 13.6. The molecule has 51 heavy (non-hydrogen) atoms. The zero-order valence-electron chi connectivity index (χ0n) is 29.4. The van der Waals surface area contributed by atoms with E-state index in [1.54, 1.807) is 36.1 Å². The predicted molar refractivity (Wildman–Crippen MR) is 193 cm³/mol. The van der Waals surface area contributed by atoms with E-state index in [0.29, 0.717) is 49.8 Å². The fourth-order valence-electron chi connectivity index (χ4n) is 5.74. The van der Waals surface area contributed by atoms with Gasteiger partial charge in [-0.15, -0.1) is 0 Å². The van der Waals surface area contributed by atoms with E-state index in [0.717, 1.165) is 30.2 Å². The maximum atomic E-state index is 13.4. The predicted octanol–water partition coefficient (Wildman–Crippen LogP) is 6.12. The summed E-state index contributed by atoms with van der Waals surface area (Å²) in [5, 5.41) is 7.07. The minimum atomic E-state index is -4.58. The van der Waals surface area contributed by atoms with Crippen molar-refractivity contribution in [3.05, 3.63) is 59.7 Å². The lowest BCUT2D eigenvalue weighted by molar-refractivity contribution is -0.156. The van der Waals surface area contributed by atoms with Gasteiger partial charge in [-0.05, 0) is 88.9 Å². The van der Waals surface area contributed by atoms with Gasteiger partial charge in [0.2, 0.25) is 5.96 Å². The molecular formula is C35H47BrF3N7O5. The lowest BCUT2D eigenvalue weighted by Crippen LogP contribution is -2.39. The Labute approximate surface area is 305 Å². The average Bonchev–Trinajstić information content (AvgIpc) is 3.68. The van der Waals surface area contributed by atoms with E-state index in [1.807, 2.05) is 49.9 Å². The average molecular weight is 783 g/mol. The maximum absolute atomic E-state index is 13.4. The van der Waals surface area contributed by atoms with Gasteiger partial charge in [0.15, 0.2) is 6.61 Å². The SMILES string of the molecule is CC(NC(=NCc1ccc(OCCCBr)cc1)N=C(N)OCC(F)(F)F)Nc1ccc(C(=O)N2CCC3(CCN(C(=O)OC(C)(C)C)C3)C2)cc1. The van der Waals surface area contributed by atoms with E-state index in [4.69, 9.17) is 15.2 Å². The molecule has 16 heteroatoms. The largest absolute Gasteiger partial charge is 0.494 e. The topological polar surface area (TPSA) is 143 Å². The Morgan fingerprint density at radius 1 is 1.02 bits per heavy atom. The Morgan fingerprint density at radius 3 is 2.29 bits per heavy atom. The van der Waals surface area contributed by atoms with Gasteiger partial charge in [0.1, 0.15) is 11.4 Å². The number of alkyl halides is 4. The molecule has 2 heterocycles. The lowest BCUT2D eigenvalue weighted by atomic mass is 9.86. The molecule has 2 aliphatic rings. The van der Waals surface area contributed by atoms with Gasteiger partial charge in [0.05, 0.1) is 19.3 Å². The lowest BCUT2D eigenvalue weighted by Gasteiger charge is -2.27. The number of carbonyl (C=O) groups excluding carboxylic acids is 2. The third kappa shape index (κ3) is 12.8. The number of amidine groups is 1. The number of benzene rings is 2. The summed E-state index contributed by atoms with van der Waals surface area (Å²) in [6.45, 7) is 8.78. The molecule has 1 spiro atoms. The fraction of sp³-hybridized carbons (Fsp3) is 0.543. The van der Waals surface area contributed by atoms with E-state index in [-0.39, 0.29) is 29.9 Å². The summed E-state index contributed by atoms with van der Waals surface area (Å²) in [5.41, 5.74) is 6.95. The normalized spacial score (nSPS) is 18.9. The molecule has 2 unspecified atom stereocenters. The van der Waals surface area contributed by atoms with E-state index in [9.17, 15) is 22.8 Å². The Bertz CT molecular complexity index is 1530. The second-order valence-corrected chi connectivity index (χ2v) is 14.5. The fourth-order valence-corrected chi connectivity index (χ4v) is 5.97. The minimum absolute atomic E-state index is 0.0424. The van der Waals surface area contributed by atoms with E-state index < -0.39 is 30.6 Å². The molecule has 12 nitrogen and oxygen atoms in total. The molecule has 2 aromatic carbocycles.